The highest BCUT2D eigenvalue weighted by Crippen LogP contribution is 2.34. The number of nitro benzene ring substituents is 1. The molecule has 0 aliphatic carbocycles. The average molecular weight is 488 g/mol. The maximum Gasteiger partial charge on any atom is 0.292 e. The second kappa shape index (κ2) is 11.0. The molecule has 0 radical (unpaired) electrons. The van der Waals surface area contributed by atoms with Gasteiger partial charge in [-0.2, -0.15) is 5.10 Å². The van der Waals surface area contributed by atoms with Crippen LogP contribution in [0.4, 0.5) is 11.4 Å². The van der Waals surface area contributed by atoms with Crippen LogP contribution in [0.15, 0.2) is 79.0 Å². The predicted molar refractivity (Wildman–Crippen MR) is 136 cm³/mol. The number of rotatable bonds is 10. The number of anilines is 1. The summed E-state index contributed by atoms with van der Waals surface area (Å²) in [5, 5.41) is 21.6. The molecule has 0 bridgehead atoms. The molecule has 4 rings (SSSR count). The highest BCUT2D eigenvalue weighted by atomic mass is 16.6. The molecule has 1 heterocycles. The van der Waals surface area contributed by atoms with Gasteiger partial charge in [0, 0.05) is 30.9 Å². The Kier molecular flexibility index (Phi) is 7.45. The van der Waals surface area contributed by atoms with Crippen LogP contribution in [0.5, 0.6) is 11.5 Å². The maximum atomic E-state index is 13.2. The van der Waals surface area contributed by atoms with Crippen molar-refractivity contribution >= 4 is 17.3 Å². The van der Waals surface area contributed by atoms with Crippen LogP contribution < -0.4 is 20.1 Å². The van der Waals surface area contributed by atoms with E-state index in [0.717, 1.165) is 11.3 Å². The van der Waals surface area contributed by atoms with Crippen LogP contribution in [0.2, 0.25) is 0 Å². The van der Waals surface area contributed by atoms with Crippen LogP contribution in [0.1, 0.15) is 10.5 Å². The van der Waals surface area contributed by atoms with E-state index < -0.39 is 4.92 Å². The van der Waals surface area contributed by atoms with E-state index in [-0.39, 0.29) is 23.8 Å². The van der Waals surface area contributed by atoms with Gasteiger partial charge in [-0.25, -0.2) is 4.68 Å². The van der Waals surface area contributed by atoms with Gasteiger partial charge in [-0.05, 0) is 35.9 Å². The summed E-state index contributed by atoms with van der Waals surface area (Å²) >= 11 is 0. The first-order chi connectivity index (χ1) is 17.5. The van der Waals surface area contributed by atoms with Crippen molar-refractivity contribution in [2.75, 3.05) is 32.6 Å². The lowest BCUT2D eigenvalue weighted by molar-refractivity contribution is -0.384. The van der Waals surface area contributed by atoms with Gasteiger partial charge in [0.05, 0.1) is 24.8 Å². The third kappa shape index (κ3) is 5.27. The van der Waals surface area contributed by atoms with Crippen molar-refractivity contribution < 1.29 is 19.2 Å². The van der Waals surface area contributed by atoms with Crippen molar-refractivity contribution in [3.63, 3.8) is 0 Å². The molecule has 3 aromatic carbocycles. The van der Waals surface area contributed by atoms with Gasteiger partial charge in [-0.3, -0.25) is 14.9 Å². The zero-order valence-electron chi connectivity index (χ0n) is 19.8. The summed E-state index contributed by atoms with van der Waals surface area (Å²) in [4.78, 5) is 23.9. The Hall–Kier alpha value is -4.86. The van der Waals surface area contributed by atoms with Gasteiger partial charge in [-0.15, -0.1) is 0 Å². The second-order valence-corrected chi connectivity index (χ2v) is 7.70. The van der Waals surface area contributed by atoms with E-state index in [2.05, 4.69) is 15.7 Å². The molecule has 0 atom stereocenters. The summed E-state index contributed by atoms with van der Waals surface area (Å²) in [6.07, 6.45) is 1.79. The fraction of sp³-hybridized carbons (Fsp3) is 0.154. The Labute approximate surface area is 207 Å². The first-order valence-electron chi connectivity index (χ1n) is 11.1. The van der Waals surface area contributed by atoms with E-state index in [1.807, 2.05) is 36.4 Å². The zero-order valence-corrected chi connectivity index (χ0v) is 19.8. The lowest BCUT2D eigenvalue weighted by Gasteiger charge is -2.10. The second-order valence-electron chi connectivity index (χ2n) is 7.70. The number of hydrogen-bond donors (Lipinski definition) is 2. The van der Waals surface area contributed by atoms with Gasteiger partial charge in [0.1, 0.15) is 5.69 Å². The number of methoxy groups -OCH3 is 2. The fourth-order valence-corrected chi connectivity index (χ4v) is 3.71. The lowest BCUT2D eigenvalue weighted by atomic mass is 10.1. The molecule has 2 N–H and O–H groups in total. The largest absolute Gasteiger partial charge is 0.493 e. The highest BCUT2D eigenvalue weighted by Gasteiger charge is 2.20. The number of benzene rings is 3. The van der Waals surface area contributed by atoms with Gasteiger partial charge in [0.15, 0.2) is 17.2 Å². The SMILES string of the molecule is COc1ccc(-c2cn(-c3ccccc3)nc2C(=O)NCCNc2ccccc2[N+](=O)[O-])cc1OC. The molecular formula is C26H25N5O5. The molecule has 10 nitrogen and oxygen atoms in total. The molecule has 4 aromatic rings. The number of para-hydroxylation sites is 3. The van der Waals surface area contributed by atoms with Crippen molar-refractivity contribution in [2.24, 2.45) is 0 Å². The van der Waals surface area contributed by atoms with Gasteiger partial charge < -0.3 is 20.1 Å². The number of ether oxygens (including phenoxy) is 2. The maximum absolute atomic E-state index is 13.2. The molecule has 10 heteroatoms. The molecule has 0 aliphatic rings. The van der Waals surface area contributed by atoms with E-state index in [0.29, 0.717) is 29.3 Å². The molecular weight excluding hydrogens is 462 g/mol. The van der Waals surface area contributed by atoms with Crippen molar-refractivity contribution in [1.29, 1.82) is 0 Å². The molecule has 0 unspecified atom stereocenters. The fourth-order valence-electron chi connectivity index (χ4n) is 3.71. The Bertz CT molecular complexity index is 1370. The minimum absolute atomic E-state index is 0.0267. The van der Waals surface area contributed by atoms with Crippen molar-refractivity contribution in [3.05, 3.63) is 94.8 Å². The summed E-state index contributed by atoms with van der Waals surface area (Å²) in [6.45, 7) is 0.524. The molecule has 0 spiro atoms. The van der Waals surface area contributed by atoms with Gasteiger partial charge >= 0.3 is 0 Å². The molecule has 0 saturated heterocycles. The van der Waals surface area contributed by atoms with Gasteiger partial charge in [0.2, 0.25) is 0 Å². The lowest BCUT2D eigenvalue weighted by Crippen LogP contribution is -2.29. The van der Waals surface area contributed by atoms with Crippen molar-refractivity contribution in [3.8, 4) is 28.3 Å². The smallest absolute Gasteiger partial charge is 0.292 e. The van der Waals surface area contributed by atoms with Crippen LogP contribution in [0, 0.1) is 10.1 Å². The van der Waals surface area contributed by atoms with E-state index in [9.17, 15) is 14.9 Å². The molecule has 1 amide bonds. The molecule has 36 heavy (non-hydrogen) atoms. The monoisotopic (exact) mass is 487 g/mol. The van der Waals surface area contributed by atoms with Crippen LogP contribution in [0.3, 0.4) is 0 Å². The number of nitro groups is 1. The van der Waals surface area contributed by atoms with E-state index in [1.54, 1.807) is 55.4 Å². The van der Waals surface area contributed by atoms with Crippen molar-refractivity contribution in [2.45, 2.75) is 0 Å². The molecule has 0 aliphatic heterocycles. The Morgan fingerprint density at radius 3 is 2.42 bits per heavy atom. The number of carbonyl (C=O) groups is 1. The zero-order chi connectivity index (χ0) is 25.5. The van der Waals surface area contributed by atoms with Gasteiger partial charge in [-0.1, -0.05) is 36.4 Å². The number of nitrogens with one attached hydrogen (secondary N) is 2. The summed E-state index contributed by atoms with van der Waals surface area (Å²) in [5.74, 6) is 0.727. The Morgan fingerprint density at radius 2 is 1.69 bits per heavy atom. The van der Waals surface area contributed by atoms with E-state index >= 15 is 0 Å². The normalized spacial score (nSPS) is 10.5. The molecule has 0 saturated carbocycles. The summed E-state index contributed by atoms with van der Waals surface area (Å²) < 4.78 is 12.4. The van der Waals surface area contributed by atoms with E-state index in [1.165, 1.54) is 6.07 Å². The summed E-state index contributed by atoms with van der Waals surface area (Å²) in [5.41, 5.74) is 2.74. The first kappa shape index (κ1) is 24.3. The minimum atomic E-state index is -0.452. The number of aromatic nitrogens is 2. The minimum Gasteiger partial charge on any atom is -0.493 e. The third-order valence-corrected chi connectivity index (χ3v) is 5.47. The Morgan fingerprint density at radius 1 is 0.972 bits per heavy atom. The molecule has 0 fully saturated rings. The number of carbonyl (C=O) groups excluding carboxylic acids is 1. The average Bonchev–Trinajstić information content (AvgIpc) is 3.37. The predicted octanol–water partition coefficient (Wildman–Crippen LogP) is 4.31. The van der Waals surface area contributed by atoms with Crippen LogP contribution in [-0.4, -0.2) is 47.9 Å². The van der Waals surface area contributed by atoms with E-state index in [4.69, 9.17) is 9.47 Å². The number of hydrogen-bond acceptors (Lipinski definition) is 7. The van der Waals surface area contributed by atoms with Crippen LogP contribution in [-0.2, 0) is 0 Å². The summed E-state index contributed by atoms with van der Waals surface area (Å²) in [6, 6.07) is 21.2. The molecule has 184 valence electrons. The van der Waals surface area contributed by atoms with Crippen LogP contribution >= 0.6 is 0 Å². The standard InChI is InChI=1S/C26H25N5O5/c1-35-23-13-12-18(16-24(23)36-2)20-17-30(19-8-4-3-5-9-19)29-25(20)26(32)28-15-14-27-21-10-6-7-11-22(21)31(33)34/h3-13,16-17,27H,14-15H2,1-2H3,(H,28,32). The quantitative estimate of drug-likeness (QED) is 0.194. The highest BCUT2D eigenvalue weighted by molar-refractivity contribution is 5.99. The first-order valence-corrected chi connectivity index (χ1v) is 11.1. The summed E-state index contributed by atoms with van der Waals surface area (Å²) in [7, 11) is 3.11. The van der Waals surface area contributed by atoms with Crippen molar-refractivity contribution in [1.82, 2.24) is 15.1 Å². The third-order valence-electron chi connectivity index (χ3n) is 5.47. The topological polar surface area (TPSA) is 121 Å². The van der Waals surface area contributed by atoms with Gasteiger partial charge in [0.25, 0.3) is 11.6 Å². The Balaban J connectivity index is 1.56. The number of amides is 1. The van der Waals surface area contributed by atoms with Crippen LogP contribution in [0.25, 0.3) is 16.8 Å². The number of nitrogens with zero attached hydrogens (tertiary/aromatic N) is 3. The molecule has 1 aromatic heterocycles.